The summed E-state index contributed by atoms with van der Waals surface area (Å²) in [4.78, 5) is 8.51. The summed E-state index contributed by atoms with van der Waals surface area (Å²) in [5.74, 6) is 1.17. The second-order valence-electron chi connectivity index (χ2n) is 3.67. The average Bonchev–Trinajstić information content (AvgIpc) is 2.34. The van der Waals surface area contributed by atoms with Crippen molar-refractivity contribution in [3.05, 3.63) is 30.6 Å². The Morgan fingerprint density at radius 3 is 2.94 bits per heavy atom. The first-order chi connectivity index (χ1) is 8.27. The topological polar surface area (TPSA) is 75.7 Å². The second kappa shape index (κ2) is 5.63. The summed E-state index contributed by atoms with van der Waals surface area (Å²) in [7, 11) is 0. The molecule has 0 fully saturated rings. The normalized spacial score (nSPS) is 10.6. The van der Waals surface area contributed by atoms with Crippen LogP contribution in [-0.2, 0) is 0 Å². The number of thioether (sulfide) groups is 1. The molecule has 1 aromatic heterocycles. The Balaban J connectivity index is 2.05. The van der Waals surface area contributed by atoms with Crippen molar-refractivity contribution in [1.29, 1.82) is 5.41 Å². The van der Waals surface area contributed by atoms with Gasteiger partial charge in [0.15, 0.2) is 0 Å². The van der Waals surface area contributed by atoms with Crippen molar-refractivity contribution >= 4 is 28.5 Å². The summed E-state index contributed by atoms with van der Waals surface area (Å²) < 4.78 is 0. The highest BCUT2D eigenvalue weighted by atomic mass is 32.2. The first-order valence-corrected chi connectivity index (χ1v) is 6.41. The zero-order valence-corrected chi connectivity index (χ0v) is 10.2. The number of rotatable bonds is 5. The molecule has 0 aliphatic carbocycles. The van der Waals surface area contributed by atoms with Gasteiger partial charge in [0.25, 0.3) is 0 Å². The molecule has 17 heavy (non-hydrogen) atoms. The van der Waals surface area contributed by atoms with Crippen LogP contribution in [0, 0.1) is 5.41 Å². The third-order valence-corrected chi connectivity index (χ3v) is 3.43. The molecule has 0 atom stereocenters. The molecule has 0 bridgehead atoms. The van der Waals surface area contributed by atoms with Crippen LogP contribution in [0.5, 0.6) is 0 Å². The van der Waals surface area contributed by atoms with Crippen molar-refractivity contribution in [2.24, 2.45) is 5.73 Å². The third kappa shape index (κ3) is 3.17. The number of hydrogen-bond donors (Lipinski definition) is 2. The highest BCUT2D eigenvalue weighted by Crippen LogP contribution is 2.24. The molecule has 0 aliphatic heterocycles. The first kappa shape index (κ1) is 11.9. The predicted octanol–water partition coefficient (Wildman–Crippen LogP) is 2.44. The van der Waals surface area contributed by atoms with Gasteiger partial charge in [-0.15, -0.1) is 11.8 Å². The molecule has 3 N–H and O–H groups in total. The second-order valence-corrected chi connectivity index (χ2v) is 4.76. The van der Waals surface area contributed by atoms with Gasteiger partial charge < -0.3 is 5.73 Å². The highest BCUT2D eigenvalue weighted by molar-refractivity contribution is 7.99. The molecule has 0 radical (unpaired) electrons. The molecule has 0 saturated carbocycles. The Labute approximate surface area is 104 Å². The molecule has 0 spiro atoms. The van der Waals surface area contributed by atoms with Crippen molar-refractivity contribution < 1.29 is 0 Å². The maximum Gasteiger partial charge on any atom is 0.117 e. The lowest BCUT2D eigenvalue weighted by atomic mass is 10.2. The molecule has 0 saturated heterocycles. The first-order valence-electron chi connectivity index (χ1n) is 5.43. The van der Waals surface area contributed by atoms with Crippen LogP contribution in [0.3, 0.4) is 0 Å². The number of aromatic nitrogens is 2. The number of nitrogens with zero attached hydrogens (tertiary/aromatic N) is 2. The zero-order chi connectivity index (χ0) is 12.1. The Kier molecular flexibility index (Phi) is 3.93. The van der Waals surface area contributed by atoms with Crippen molar-refractivity contribution in [2.75, 3.05) is 5.75 Å². The van der Waals surface area contributed by atoms with E-state index in [2.05, 4.69) is 9.97 Å². The number of nitrogens with one attached hydrogen (secondary N) is 1. The number of hydrogen-bond acceptors (Lipinski definition) is 4. The van der Waals surface area contributed by atoms with E-state index in [1.807, 2.05) is 24.3 Å². The summed E-state index contributed by atoms with van der Waals surface area (Å²) in [5.41, 5.74) is 6.28. The minimum atomic E-state index is 0.248. The van der Waals surface area contributed by atoms with E-state index >= 15 is 0 Å². The van der Waals surface area contributed by atoms with E-state index in [9.17, 15) is 0 Å². The fourth-order valence-corrected chi connectivity index (χ4v) is 2.46. The summed E-state index contributed by atoms with van der Waals surface area (Å²) >= 11 is 1.69. The van der Waals surface area contributed by atoms with Crippen molar-refractivity contribution in [1.82, 2.24) is 9.97 Å². The van der Waals surface area contributed by atoms with E-state index in [0.29, 0.717) is 6.42 Å². The Morgan fingerprint density at radius 2 is 2.12 bits per heavy atom. The third-order valence-electron chi connectivity index (χ3n) is 2.34. The highest BCUT2D eigenvalue weighted by Gasteiger charge is 2.03. The molecule has 2 aromatic rings. The summed E-state index contributed by atoms with van der Waals surface area (Å²) in [6.45, 7) is 0. The quantitative estimate of drug-likeness (QED) is 0.279. The van der Waals surface area contributed by atoms with Gasteiger partial charge in [0.2, 0.25) is 0 Å². The maximum absolute atomic E-state index is 7.15. The van der Waals surface area contributed by atoms with Gasteiger partial charge >= 0.3 is 0 Å². The lowest BCUT2D eigenvalue weighted by Crippen LogP contribution is -2.08. The van der Waals surface area contributed by atoms with Gasteiger partial charge in [-0.05, 0) is 18.2 Å². The maximum atomic E-state index is 7.15. The lowest BCUT2D eigenvalue weighted by molar-refractivity contribution is 0.984. The number of amidine groups is 1. The van der Waals surface area contributed by atoms with Gasteiger partial charge in [0, 0.05) is 11.8 Å². The zero-order valence-electron chi connectivity index (χ0n) is 9.39. The van der Waals surface area contributed by atoms with Gasteiger partial charge in [-0.25, -0.2) is 9.97 Å². The van der Waals surface area contributed by atoms with Crippen LogP contribution < -0.4 is 5.73 Å². The van der Waals surface area contributed by atoms with Crippen LogP contribution in [0.4, 0.5) is 0 Å². The van der Waals surface area contributed by atoms with Crippen LogP contribution in [0.1, 0.15) is 12.8 Å². The molecule has 0 aliphatic rings. The van der Waals surface area contributed by atoms with Gasteiger partial charge in [-0.3, -0.25) is 5.41 Å². The van der Waals surface area contributed by atoms with E-state index in [-0.39, 0.29) is 5.84 Å². The van der Waals surface area contributed by atoms with Gasteiger partial charge in [0.05, 0.1) is 11.4 Å². The van der Waals surface area contributed by atoms with Crippen LogP contribution in [0.25, 0.3) is 10.9 Å². The summed E-state index contributed by atoms with van der Waals surface area (Å²) in [6, 6.07) is 7.98. The van der Waals surface area contributed by atoms with E-state index < -0.39 is 0 Å². The van der Waals surface area contributed by atoms with Crippen LogP contribution in [-0.4, -0.2) is 21.6 Å². The molecular formula is C12H14N4S. The standard InChI is InChI=1S/C12H14N4S/c13-11(14)6-3-7-17-12-9-4-1-2-5-10(9)15-8-16-12/h1-2,4-5,8H,3,6-7H2,(H3,13,14). The predicted molar refractivity (Wildman–Crippen MR) is 71.4 cm³/mol. The van der Waals surface area contributed by atoms with Crippen molar-refractivity contribution in [3.8, 4) is 0 Å². The smallest absolute Gasteiger partial charge is 0.117 e. The minimum absolute atomic E-state index is 0.248. The number of para-hydroxylation sites is 1. The molecule has 1 heterocycles. The van der Waals surface area contributed by atoms with E-state index in [1.165, 1.54) is 0 Å². The Hall–Kier alpha value is -1.62. The molecule has 1 aromatic carbocycles. The molecule has 0 amide bonds. The van der Waals surface area contributed by atoms with Gasteiger partial charge in [-0.2, -0.15) is 0 Å². The van der Waals surface area contributed by atoms with Crippen molar-refractivity contribution in [2.45, 2.75) is 17.9 Å². The fourth-order valence-electron chi connectivity index (χ4n) is 1.53. The van der Waals surface area contributed by atoms with E-state index in [1.54, 1.807) is 18.1 Å². The largest absolute Gasteiger partial charge is 0.388 e. The minimum Gasteiger partial charge on any atom is -0.388 e. The Morgan fingerprint density at radius 1 is 1.29 bits per heavy atom. The molecular weight excluding hydrogens is 232 g/mol. The molecule has 2 rings (SSSR count). The van der Waals surface area contributed by atoms with Gasteiger partial charge in [0.1, 0.15) is 11.4 Å². The average molecular weight is 246 g/mol. The van der Waals surface area contributed by atoms with Crippen LogP contribution in [0.2, 0.25) is 0 Å². The molecule has 4 nitrogen and oxygen atoms in total. The van der Waals surface area contributed by atoms with Gasteiger partial charge in [-0.1, -0.05) is 18.2 Å². The monoisotopic (exact) mass is 246 g/mol. The lowest BCUT2D eigenvalue weighted by Gasteiger charge is -2.04. The summed E-state index contributed by atoms with van der Waals surface area (Å²) in [6.07, 6.45) is 3.14. The van der Waals surface area contributed by atoms with E-state index in [4.69, 9.17) is 11.1 Å². The number of benzene rings is 1. The van der Waals surface area contributed by atoms with Crippen molar-refractivity contribution in [3.63, 3.8) is 0 Å². The van der Waals surface area contributed by atoms with Crippen LogP contribution >= 0.6 is 11.8 Å². The fraction of sp³-hybridized carbons (Fsp3) is 0.250. The molecule has 0 unspecified atom stereocenters. The van der Waals surface area contributed by atoms with Crippen LogP contribution in [0.15, 0.2) is 35.6 Å². The molecule has 5 heteroatoms. The summed E-state index contributed by atoms with van der Waals surface area (Å²) in [5, 5.41) is 9.24. The molecule has 88 valence electrons. The van der Waals surface area contributed by atoms with E-state index in [0.717, 1.165) is 28.1 Å². The SMILES string of the molecule is N=C(N)CCCSc1ncnc2ccccc12. The Bertz CT molecular complexity index is 521. The number of fused-ring (bicyclic) bond motifs is 1. The number of nitrogens with two attached hydrogens (primary N) is 1.